The Morgan fingerprint density at radius 3 is 2.80 bits per heavy atom. The number of nitrogens with zero attached hydrogens (tertiary/aromatic N) is 2. The molecule has 0 saturated heterocycles. The number of hydrogen-bond donors (Lipinski definition) is 1. The standard InChI is InChI=1S/C12H21N3/c1-8(2)12-11-9(13-3)6-5-7-10(11)14-15(12)4/h8-9,13H,5-7H2,1-4H3. The molecule has 1 unspecified atom stereocenters. The van der Waals surface area contributed by atoms with Crippen LogP contribution in [-0.2, 0) is 13.5 Å². The van der Waals surface area contributed by atoms with Gasteiger partial charge in [-0.15, -0.1) is 0 Å². The van der Waals surface area contributed by atoms with E-state index in [4.69, 9.17) is 0 Å². The monoisotopic (exact) mass is 207 g/mol. The van der Waals surface area contributed by atoms with Gasteiger partial charge in [-0.3, -0.25) is 4.68 Å². The van der Waals surface area contributed by atoms with Gasteiger partial charge >= 0.3 is 0 Å². The SMILES string of the molecule is CNC1CCCc2nn(C)c(C(C)C)c21. The zero-order valence-electron chi connectivity index (χ0n) is 10.2. The van der Waals surface area contributed by atoms with Gasteiger partial charge in [0.15, 0.2) is 0 Å². The van der Waals surface area contributed by atoms with Crippen LogP contribution in [0.5, 0.6) is 0 Å². The van der Waals surface area contributed by atoms with E-state index in [0.717, 1.165) is 6.42 Å². The highest BCUT2D eigenvalue weighted by molar-refractivity contribution is 5.33. The van der Waals surface area contributed by atoms with Gasteiger partial charge in [0, 0.05) is 24.3 Å². The summed E-state index contributed by atoms with van der Waals surface area (Å²) in [4.78, 5) is 0. The molecule has 1 atom stereocenters. The molecule has 0 amide bonds. The highest BCUT2D eigenvalue weighted by atomic mass is 15.3. The molecule has 0 saturated carbocycles. The minimum atomic E-state index is 0.514. The normalized spacial score (nSPS) is 20.7. The summed E-state index contributed by atoms with van der Waals surface area (Å²) in [6, 6.07) is 0.514. The largest absolute Gasteiger partial charge is 0.313 e. The van der Waals surface area contributed by atoms with Crippen molar-refractivity contribution in [3.8, 4) is 0 Å². The van der Waals surface area contributed by atoms with Gasteiger partial charge < -0.3 is 5.32 Å². The molecule has 1 aromatic rings. The molecule has 0 aliphatic heterocycles. The quantitative estimate of drug-likeness (QED) is 0.805. The summed E-state index contributed by atoms with van der Waals surface area (Å²) < 4.78 is 2.07. The molecule has 1 heterocycles. The Bertz CT molecular complexity index is 352. The van der Waals surface area contributed by atoms with Crippen LogP contribution in [0.15, 0.2) is 0 Å². The van der Waals surface area contributed by atoms with Crippen LogP contribution >= 0.6 is 0 Å². The van der Waals surface area contributed by atoms with E-state index in [1.54, 1.807) is 0 Å². The second-order valence-corrected chi connectivity index (χ2v) is 4.76. The predicted molar refractivity (Wildman–Crippen MR) is 62.0 cm³/mol. The molecule has 3 nitrogen and oxygen atoms in total. The number of rotatable bonds is 2. The van der Waals surface area contributed by atoms with Crippen LogP contribution in [0.4, 0.5) is 0 Å². The Kier molecular flexibility index (Phi) is 2.83. The summed E-state index contributed by atoms with van der Waals surface area (Å²) in [6.45, 7) is 4.50. The molecule has 0 bridgehead atoms. The molecule has 15 heavy (non-hydrogen) atoms. The highest BCUT2D eigenvalue weighted by Gasteiger charge is 2.27. The third-order valence-electron chi connectivity index (χ3n) is 3.36. The van der Waals surface area contributed by atoms with Crippen molar-refractivity contribution in [3.63, 3.8) is 0 Å². The Hall–Kier alpha value is -0.830. The molecule has 84 valence electrons. The fourth-order valence-electron chi connectivity index (χ4n) is 2.77. The maximum atomic E-state index is 4.65. The van der Waals surface area contributed by atoms with E-state index in [1.165, 1.54) is 29.8 Å². The second-order valence-electron chi connectivity index (χ2n) is 4.76. The first-order chi connectivity index (χ1) is 7.15. The van der Waals surface area contributed by atoms with Crippen molar-refractivity contribution in [2.45, 2.75) is 45.1 Å². The topological polar surface area (TPSA) is 29.9 Å². The lowest BCUT2D eigenvalue weighted by Gasteiger charge is -2.23. The van der Waals surface area contributed by atoms with Crippen LogP contribution in [0.2, 0.25) is 0 Å². The first kappa shape index (κ1) is 10.7. The Morgan fingerprint density at radius 2 is 2.20 bits per heavy atom. The van der Waals surface area contributed by atoms with Crippen LogP contribution in [0, 0.1) is 0 Å². The number of aryl methyl sites for hydroxylation is 2. The van der Waals surface area contributed by atoms with Gasteiger partial charge in [-0.05, 0) is 32.2 Å². The van der Waals surface area contributed by atoms with Crippen LogP contribution in [0.25, 0.3) is 0 Å². The zero-order valence-corrected chi connectivity index (χ0v) is 10.2. The molecule has 1 aromatic heterocycles. The summed E-state index contributed by atoms with van der Waals surface area (Å²) in [7, 11) is 4.12. The fourth-order valence-corrected chi connectivity index (χ4v) is 2.77. The first-order valence-electron chi connectivity index (χ1n) is 5.88. The second kappa shape index (κ2) is 3.97. The van der Waals surface area contributed by atoms with Crippen LogP contribution < -0.4 is 5.32 Å². The van der Waals surface area contributed by atoms with E-state index >= 15 is 0 Å². The lowest BCUT2D eigenvalue weighted by atomic mass is 9.88. The molecule has 0 radical (unpaired) electrons. The smallest absolute Gasteiger partial charge is 0.0675 e. The molecule has 1 N–H and O–H groups in total. The van der Waals surface area contributed by atoms with Crippen molar-refractivity contribution in [1.82, 2.24) is 15.1 Å². The summed E-state index contributed by atoms with van der Waals surface area (Å²) in [5.41, 5.74) is 4.19. The van der Waals surface area contributed by atoms with Crippen molar-refractivity contribution in [3.05, 3.63) is 17.0 Å². The number of nitrogens with one attached hydrogen (secondary N) is 1. The molecule has 0 aromatic carbocycles. The third kappa shape index (κ3) is 1.69. The summed E-state index contributed by atoms with van der Waals surface area (Å²) in [6.07, 6.45) is 3.65. The van der Waals surface area contributed by atoms with Crippen molar-refractivity contribution in [2.75, 3.05) is 7.05 Å². The molecule has 0 spiro atoms. The predicted octanol–water partition coefficient (Wildman–Crippen LogP) is 2.14. The molecule has 3 heteroatoms. The molecular formula is C12H21N3. The van der Waals surface area contributed by atoms with E-state index in [9.17, 15) is 0 Å². The Labute approximate surface area is 91.9 Å². The fraction of sp³-hybridized carbons (Fsp3) is 0.750. The van der Waals surface area contributed by atoms with Gasteiger partial charge in [0.2, 0.25) is 0 Å². The third-order valence-corrected chi connectivity index (χ3v) is 3.36. The van der Waals surface area contributed by atoms with E-state index in [1.807, 2.05) is 0 Å². The van der Waals surface area contributed by atoms with Crippen LogP contribution in [0.1, 0.15) is 55.6 Å². The minimum absolute atomic E-state index is 0.514. The van der Waals surface area contributed by atoms with Crippen molar-refractivity contribution in [1.29, 1.82) is 0 Å². The van der Waals surface area contributed by atoms with Crippen LogP contribution in [0.3, 0.4) is 0 Å². The summed E-state index contributed by atoms with van der Waals surface area (Å²) in [5, 5.41) is 8.06. The Balaban J connectivity index is 2.51. The average molecular weight is 207 g/mol. The van der Waals surface area contributed by atoms with Gasteiger partial charge in [-0.1, -0.05) is 13.8 Å². The van der Waals surface area contributed by atoms with E-state index < -0.39 is 0 Å². The van der Waals surface area contributed by atoms with Gasteiger partial charge in [-0.2, -0.15) is 5.10 Å². The number of hydrogen-bond acceptors (Lipinski definition) is 2. The van der Waals surface area contributed by atoms with Gasteiger partial charge in [0.25, 0.3) is 0 Å². The maximum Gasteiger partial charge on any atom is 0.0675 e. The van der Waals surface area contributed by atoms with Gasteiger partial charge in [-0.25, -0.2) is 0 Å². The minimum Gasteiger partial charge on any atom is -0.313 e. The number of fused-ring (bicyclic) bond motifs is 1. The summed E-state index contributed by atoms with van der Waals surface area (Å²) in [5.74, 6) is 0.556. The first-order valence-corrected chi connectivity index (χ1v) is 5.88. The van der Waals surface area contributed by atoms with Crippen molar-refractivity contribution >= 4 is 0 Å². The average Bonchev–Trinajstić information content (AvgIpc) is 2.53. The molecule has 1 aliphatic carbocycles. The van der Waals surface area contributed by atoms with Gasteiger partial charge in [0.1, 0.15) is 0 Å². The maximum absolute atomic E-state index is 4.65. The van der Waals surface area contributed by atoms with Crippen LogP contribution in [-0.4, -0.2) is 16.8 Å². The highest BCUT2D eigenvalue weighted by Crippen LogP contribution is 2.34. The summed E-state index contributed by atoms with van der Waals surface area (Å²) >= 11 is 0. The van der Waals surface area contributed by atoms with Crippen molar-refractivity contribution < 1.29 is 0 Å². The lowest BCUT2D eigenvalue weighted by molar-refractivity contribution is 0.489. The zero-order chi connectivity index (χ0) is 11.0. The van der Waals surface area contributed by atoms with E-state index in [2.05, 4.69) is 43.0 Å². The van der Waals surface area contributed by atoms with E-state index in [-0.39, 0.29) is 0 Å². The Morgan fingerprint density at radius 1 is 1.47 bits per heavy atom. The lowest BCUT2D eigenvalue weighted by Crippen LogP contribution is -2.22. The molecular weight excluding hydrogens is 186 g/mol. The molecule has 0 fully saturated rings. The number of aromatic nitrogens is 2. The van der Waals surface area contributed by atoms with Gasteiger partial charge in [0.05, 0.1) is 5.69 Å². The molecule has 2 rings (SSSR count). The molecule has 1 aliphatic rings. The van der Waals surface area contributed by atoms with Crippen molar-refractivity contribution in [2.24, 2.45) is 7.05 Å². The van der Waals surface area contributed by atoms with E-state index in [0.29, 0.717) is 12.0 Å².